The van der Waals surface area contributed by atoms with Gasteiger partial charge in [-0.2, -0.15) is 0 Å². The number of hydrogen-bond donors (Lipinski definition) is 1. The molecule has 0 unspecified atom stereocenters. The lowest BCUT2D eigenvalue weighted by Gasteiger charge is -2.18. The fourth-order valence-corrected chi connectivity index (χ4v) is 4.31. The summed E-state index contributed by atoms with van der Waals surface area (Å²) in [5, 5.41) is 2.97. The van der Waals surface area contributed by atoms with E-state index in [0.717, 1.165) is 27.1 Å². The number of esters is 1. The summed E-state index contributed by atoms with van der Waals surface area (Å²) in [6, 6.07) is 19.3. The van der Waals surface area contributed by atoms with Gasteiger partial charge in [0.1, 0.15) is 16.4 Å². The van der Waals surface area contributed by atoms with Crippen molar-refractivity contribution in [1.29, 1.82) is 0 Å². The van der Waals surface area contributed by atoms with Gasteiger partial charge >= 0.3 is 5.97 Å². The average Bonchev–Trinajstić information content (AvgIpc) is 3.06. The molecule has 0 aliphatic carbocycles. The van der Waals surface area contributed by atoms with Gasteiger partial charge in [0.05, 0.1) is 17.9 Å². The molecular weight excluding hydrogens is 455 g/mol. The SMILES string of the molecule is CCOC(=O)c1ccccc1N1C(=O)C(Nc2ccc(F)cc2)=C(Sc2ccc(C)cc2)C1=O. The summed E-state index contributed by atoms with van der Waals surface area (Å²) < 4.78 is 18.5. The number of carbonyl (C=O) groups is 3. The summed E-state index contributed by atoms with van der Waals surface area (Å²) in [6.07, 6.45) is 0. The number of anilines is 2. The predicted octanol–water partition coefficient (Wildman–Crippen LogP) is 5.30. The number of aryl methyl sites for hydroxylation is 1. The lowest BCUT2D eigenvalue weighted by Crippen LogP contribution is -2.33. The molecule has 1 N–H and O–H groups in total. The van der Waals surface area contributed by atoms with Gasteiger partial charge in [0.25, 0.3) is 11.8 Å². The summed E-state index contributed by atoms with van der Waals surface area (Å²) in [6.45, 7) is 3.78. The number of imide groups is 1. The second-order valence-corrected chi connectivity index (χ2v) is 8.52. The number of ether oxygens (including phenoxy) is 1. The first-order chi connectivity index (χ1) is 16.4. The van der Waals surface area contributed by atoms with E-state index in [0.29, 0.717) is 5.69 Å². The van der Waals surface area contributed by atoms with E-state index in [1.807, 2.05) is 31.2 Å². The molecule has 0 saturated heterocycles. The highest BCUT2D eigenvalue weighted by molar-refractivity contribution is 8.04. The Hall–Kier alpha value is -3.91. The van der Waals surface area contributed by atoms with Gasteiger partial charge in [-0.3, -0.25) is 9.59 Å². The zero-order valence-corrected chi connectivity index (χ0v) is 19.3. The number of halogens is 1. The maximum absolute atomic E-state index is 13.5. The van der Waals surface area contributed by atoms with Crippen molar-refractivity contribution in [2.45, 2.75) is 18.7 Å². The Bertz CT molecular complexity index is 1220. The maximum atomic E-state index is 13.5. The van der Waals surface area contributed by atoms with Crippen LogP contribution in [-0.4, -0.2) is 24.4 Å². The van der Waals surface area contributed by atoms with Gasteiger partial charge in [0.2, 0.25) is 0 Å². The van der Waals surface area contributed by atoms with Gasteiger partial charge in [0.15, 0.2) is 0 Å². The van der Waals surface area contributed by atoms with Crippen molar-refractivity contribution in [3.63, 3.8) is 0 Å². The zero-order valence-electron chi connectivity index (χ0n) is 18.5. The molecule has 1 heterocycles. The van der Waals surface area contributed by atoms with Crippen LogP contribution < -0.4 is 10.2 Å². The fraction of sp³-hybridized carbons (Fsp3) is 0.115. The standard InChI is InChI=1S/C26H21FN2O4S/c1-3-33-26(32)20-6-4-5-7-21(20)29-24(30)22(28-18-12-10-17(27)11-13-18)23(25(29)31)34-19-14-8-16(2)9-15-19/h4-15,28H,3H2,1-2H3. The molecule has 3 aromatic carbocycles. The molecule has 0 aromatic heterocycles. The van der Waals surface area contributed by atoms with E-state index in [-0.39, 0.29) is 28.5 Å². The van der Waals surface area contributed by atoms with Gasteiger partial charge in [0, 0.05) is 10.6 Å². The Morgan fingerprint density at radius 1 is 0.971 bits per heavy atom. The lowest BCUT2D eigenvalue weighted by molar-refractivity contribution is -0.120. The van der Waals surface area contributed by atoms with Crippen molar-refractivity contribution in [2.75, 3.05) is 16.8 Å². The Balaban J connectivity index is 1.76. The fourth-order valence-electron chi connectivity index (χ4n) is 3.39. The Morgan fingerprint density at radius 2 is 1.65 bits per heavy atom. The lowest BCUT2D eigenvalue weighted by atomic mass is 10.1. The van der Waals surface area contributed by atoms with Gasteiger partial charge in [-0.1, -0.05) is 41.6 Å². The van der Waals surface area contributed by atoms with E-state index in [2.05, 4.69) is 5.32 Å². The predicted molar refractivity (Wildman–Crippen MR) is 129 cm³/mol. The smallest absolute Gasteiger partial charge is 0.340 e. The second-order valence-electron chi connectivity index (χ2n) is 7.43. The van der Waals surface area contributed by atoms with E-state index < -0.39 is 23.6 Å². The Morgan fingerprint density at radius 3 is 2.32 bits per heavy atom. The maximum Gasteiger partial charge on any atom is 0.340 e. The topological polar surface area (TPSA) is 75.7 Å². The molecular formula is C26H21FN2O4S. The van der Waals surface area contributed by atoms with Crippen LogP contribution in [0, 0.1) is 12.7 Å². The number of hydrogen-bond acceptors (Lipinski definition) is 6. The highest BCUT2D eigenvalue weighted by Gasteiger charge is 2.41. The molecule has 1 aliphatic heterocycles. The van der Waals surface area contributed by atoms with Crippen LogP contribution in [0.2, 0.25) is 0 Å². The molecule has 172 valence electrons. The number of thioether (sulfide) groups is 1. The first-order valence-corrected chi connectivity index (χ1v) is 11.4. The second kappa shape index (κ2) is 9.93. The number of carbonyl (C=O) groups excluding carboxylic acids is 3. The van der Waals surface area contributed by atoms with Crippen LogP contribution in [0.25, 0.3) is 0 Å². The molecule has 1 aliphatic rings. The Kier molecular flexibility index (Phi) is 6.79. The molecule has 34 heavy (non-hydrogen) atoms. The first kappa shape index (κ1) is 23.3. The summed E-state index contributed by atoms with van der Waals surface area (Å²) >= 11 is 1.14. The van der Waals surface area contributed by atoms with Crippen molar-refractivity contribution in [1.82, 2.24) is 0 Å². The van der Waals surface area contributed by atoms with Crippen molar-refractivity contribution >= 4 is 40.9 Å². The quantitative estimate of drug-likeness (QED) is 0.368. The number of nitrogens with one attached hydrogen (secondary N) is 1. The number of nitrogens with zero attached hydrogens (tertiary/aromatic N) is 1. The number of para-hydroxylation sites is 1. The minimum absolute atomic E-state index is 0.0424. The van der Waals surface area contributed by atoms with Gasteiger partial charge in [-0.15, -0.1) is 0 Å². The highest BCUT2D eigenvalue weighted by atomic mass is 32.2. The molecule has 2 amide bonds. The van der Waals surface area contributed by atoms with Gasteiger partial charge in [-0.05, 0) is 62.4 Å². The van der Waals surface area contributed by atoms with Crippen LogP contribution in [0.3, 0.4) is 0 Å². The molecule has 3 aromatic rings. The van der Waals surface area contributed by atoms with E-state index in [1.165, 1.54) is 36.4 Å². The van der Waals surface area contributed by atoms with Crippen LogP contribution in [0.15, 0.2) is 88.3 Å². The number of benzene rings is 3. The average molecular weight is 477 g/mol. The van der Waals surface area contributed by atoms with Crippen LogP contribution in [0.4, 0.5) is 15.8 Å². The molecule has 0 radical (unpaired) electrons. The van der Waals surface area contributed by atoms with Gasteiger partial charge < -0.3 is 10.1 Å². The highest BCUT2D eigenvalue weighted by Crippen LogP contribution is 2.39. The third-order valence-electron chi connectivity index (χ3n) is 5.04. The van der Waals surface area contributed by atoms with Crippen LogP contribution in [-0.2, 0) is 14.3 Å². The molecule has 4 rings (SSSR count). The summed E-state index contributed by atoms with van der Waals surface area (Å²) in [5.41, 5.74) is 1.78. The zero-order chi connectivity index (χ0) is 24.2. The van der Waals surface area contributed by atoms with Crippen LogP contribution in [0.5, 0.6) is 0 Å². The van der Waals surface area contributed by atoms with Crippen LogP contribution in [0.1, 0.15) is 22.8 Å². The molecule has 0 fully saturated rings. The third kappa shape index (κ3) is 4.72. The molecule has 0 saturated carbocycles. The normalized spacial score (nSPS) is 13.4. The molecule has 0 bridgehead atoms. The minimum atomic E-state index is -0.633. The van der Waals surface area contributed by atoms with Crippen molar-refractivity contribution in [3.8, 4) is 0 Å². The van der Waals surface area contributed by atoms with E-state index in [4.69, 9.17) is 4.74 Å². The van der Waals surface area contributed by atoms with Gasteiger partial charge in [-0.25, -0.2) is 14.1 Å². The van der Waals surface area contributed by atoms with Crippen molar-refractivity contribution in [2.24, 2.45) is 0 Å². The van der Waals surface area contributed by atoms with Crippen LogP contribution >= 0.6 is 11.8 Å². The summed E-state index contributed by atoms with van der Waals surface area (Å²) in [7, 11) is 0. The largest absolute Gasteiger partial charge is 0.462 e. The van der Waals surface area contributed by atoms with E-state index >= 15 is 0 Å². The molecule has 6 nitrogen and oxygen atoms in total. The first-order valence-electron chi connectivity index (χ1n) is 10.6. The Labute approximate surface area is 200 Å². The summed E-state index contributed by atoms with van der Waals surface area (Å²) in [4.78, 5) is 41.5. The monoisotopic (exact) mass is 476 g/mol. The number of rotatable bonds is 7. The molecule has 0 spiro atoms. The van der Waals surface area contributed by atoms with Crippen molar-refractivity contribution in [3.05, 3.63) is 100 Å². The molecule has 0 atom stereocenters. The van der Waals surface area contributed by atoms with E-state index in [1.54, 1.807) is 19.1 Å². The number of amides is 2. The summed E-state index contributed by atoms with van der Waals surface area (Å²) in [5.74, 6) is -2.25. The molecule has 8 heteroatoms. The van der Waals surface area contributed by atoms with E-state index in [9.17, 15) is 18.8 Å². The third-order valence-corrected chi connectivity index (χ3v) is 6.13. The minimum Gasteiger partial charge on any atom is -0.462 e. The van der Waals surface area contributed by atoms with Crippen molar-refractivity contribution < 1.29 is 23.5 Å².